The number of furan rings is 1. The van der Waals surface area contributed by atoms with Crippen molar-refractivity contribution >= 4 is 11.8 Å². The first-order valence-electron chi connectivity index (χ1n) is 6.85. The molecular formula is C16H18N2O4. The Labute approximate surface area is 128 Å². The lowest BCUT2D eigenvalue weighted by Gasteiger charge is -2.15. The summed E-state index contributed by atoms with van der Waals surface area (Å²) in [4.78, 5) is 23.7. The van der Waals surface area contributed by atoms with E-state index in [1.807, 2.05) is 25.1 Å². The lowest BCUT2D eigenvalue weighted by molar-refractivity contribution is -0.128. The molecule has 6 nitrogen and oxygen atoms in total. The molecule has 0 saturated heterocycles. The summed E-state index contributed by atoms with van der Waals surface area (Å²) in [7, 11) is 0. The highest BCUT2D eigenvalue weighted by Crippen LogP contribution is 2.14. The smallest absolute Gasteiger partial charge is 0.279 e. The van der Waals surface area contributed by atoms with Gasteiger partial charge in [0.25, 0.3) is 11.8 Å². The van der Waals surface area contributed by atoms with Gasteiger partial charge in [0, 0.05) is 0 Å². The zero-order chi connectivity index (χ0) is 16.1. The van der Waals surface area contributed by atoms with Crippen LogP contribution in [0.25, 0.3) is 0 Å². The highest BCUT2D eigenvalue weighted by atomic mass is 16.5. The Morgan fingerprint density at radius 1 is 1.18 bits per heavy atom. The van der Waals surface area contributed by atoms with Crippen LogP contribution < -0.4 is 15.6 Å². The third-order valence-corrected chi connectivity index (χ3v) is 3.07. The SMILES string of the molecule is Cc1cccc(OC(C)C(=O)NNC(=O)c2ccoc2C)c1. The maximum absolute atomic E-state index is 11.9. The van der Waals surface area contributed by atoms with E-state index in [0.717, 1.165) is 5.56 Å². The van der Waals surface area contributed by atoms with E-state index in [1.165, 1.54) is 12.3 Å². The van der Waals surface area contributed by atoms with Gasteiger partial charge in [-0.25, -0.2) is 0 Å². The highest BCUT2D eigenvalue weighted by Gasteiger charge is 2.17. The van der Waals surface area contributed by atoms with Crippen LogP contribution in [0, 0.1) is 13.8 Å². The number of hydrazine groups is 1. The van der Waals surface area contributed by atoms with Crippen LogP contribution in [0.1, 0.15) is 28.6 Å². The molecule has 0 spiro atoms. The van der Waals surface area contributed by atoms with Gasteiger partial charge in [0.1, 0.15) is 11.5 Å². The van der Waals surface area contributed by atoms with Gasteiger partial charge in [0.15, 0.2) is 6.10 Å². The summed E-state index contributed by atoms with van der Waals surface area (Å²) in [6.07, 6.45) is 0.669. The standard InChI is InChI=1S/C16H18N2O4/c1-10-5-4-6-13(9-10)22-12(3)15(19)17-18-16(20)14-7-8-21-11(14)2/h4-9,12H,1-3H3,(H,17,19)(H,18,20). The third kappa shape index (κ3) is 3.88. The molecule has 0 aliphatic carbocycles. The van der Waals surface area contributed by atoms with Crippen LogP contribution in [-0.4, -0.2) is 17.9 Å². The van der Waals surface area contributed by atoms with Crippen molar-refractivity contribution in [2.45, 2.75) is 26.9 Å². The van der Waals surface area contributed by atoms with Crippen LogP contribution in [0.5, 0.6) is 5.75 Å². The molecule has 2 N–H and O–H groups in total. The molecule has 0 aliphatic rings. The van der Waals surface area contributed by atoms with Crippen LogP contribution >= 0.6 is 0 Å². The molecular weight excluding hydrogens is 284 g/mol. The Morgan fingerprint density at radius 3 is 2.59 bits per heavy atom. The van der Waals surface area contributed by atoms with Crippen LogP contribution in [0.4, 0.5) is 0 Å². The summed E-state index contributed by atoms with van der Waals surface area (Å²) in [6, 6.07) is 8.91. The topological polar surface area (TPSA) is 80.6 Å². The number of amides is 2. The minimum atomic E-state index is -0.743. The molecule has 2 aromatic rings. The zero-order valence-electron chi connectivity index (χ0n) is 12.7. The molecule has 1 heterocycles. The van der Waals surface area contributed by atoms with Gasteiger partial charge in [-0.2, -0.15) is 0 Å². The molecule has 6 heteroatoms. The summed E-state index contributed by atoms with van der Waals surface area (Å²) < 4.78 is 10.6. The lowest BCUT2D eigenvalue weighted by atomic mass is 10.2. The van der Waals surface area contributed by atoms with Crippen molar-refractivity contribution in [2.75, 3.05) is 0 Å². The molecule has 1 aromatic heterocycles. The van der Waals surface area contributed by atoms with Crippen molar-refractivity contribution in [3.05, 3.63) is 53.5 Å². The second-order valence-corrected chi connectivity index (χ2v) is 4.91. The van der Waals surface area contributed by atoms with Crippen molar-refractivity contribution in [1.82, 2.24) is 10.9 Å². The predicted octanol–water partition coefficient (Wildman–Crippen LogP) is 2.12. The number of hydrogen-bond donors (Lipinski definition) is 2. The van der Waals surface area contributed by atoms with Gasteiger partial charge in [-0.05, 0) is 44.5 Å². The first kappa shape index (κ1) is 15.6. The van der Waals surface area contributed by atoms with Gasteiger partial charge in [-0.3, -0.25) is 20.4 Å². The van der Waals surface area contributed by atoms with Crippen molar-refractivity contribution in [2.24, 2.45) is 0 Å². The molecule has 1 atom stereocenters. The highest BCUT2D eigenvalue weighted by molar-refractivity contribution is 5.96. The average molecular weight is 302 g/mol. The zero-order valence-corrected chi connectivity index (χ0v) is 12.7. The largest absolute Gasteiger partial charge is 0.481 e. The fourth-order valence-corrected chi connectivity index (χ4v) is 1.85. The molecule has 2 amide bonds. The molecule has 0 radical (unpaired) electrons. The van der Waals surface area contributed by atoms with Gasteiger partial charge in [0.2, 0.25) is 0 Å². The van der Waals surface area contributed by atoms with E-state index < -0.39 is 17.9 Å². The second kappa shape index (κ2) is 6.80. The Bertz CT molecular complexity index is 678. The van der Waals surface area contributed by atoms with Crippen molar-refractivity contribution in [3.8, 4) is 5.75 Å². The monoisotopic (exact) mass is 302 g/mol. The number of benzene rings is 1. The minimum Gasteiger partial charge on any atom is -0.481 e. The Morgan fingerprint density at radius 2 is 1.95 bits per heavy atom. The van der Waals surface area contributed by atoms with Crippen LogP contribution in [0.15, 0.2) is 41.0 Å². The fraction of sp³-hybridized carbons (Fsp3) is 0.250. The molecule has 0 saturated carbocycles. The predicted molar refractivity (Wildman–Crippen MR) is 80.3 cm³/mol. The molecule has 116 valence electrons. The van der Waals surface area contributed by atoms with E-state index >= 15 is 0 Å². The van der Waals surface area contributed by atoms with Gasteiger partial charge in [-0.1, -0.05) is 12.1 Å². The summed E-state index contributed by atoms with van der Waals surface area (Å²) in [5.41, 5.74) is 6.06. The molecule has 1 unspecified atom stereocenters. The lowest BCUT2D eigenvalue weighted by Crippen LogP contribution is -2.47. The summed E-state index contributed by atoms with van der Waals surface area (Å²) in [5, 5.41) is 0. The number of carbonyl (C=O) groups excluding carboxylic acids is 2. The average Bonchev–Trinajstić information content (AvgIpc) is 2.90. The van der Waals surface area contributed by atoms with E-state index in [-0.39, 0.29) is 0 Å². The summed E-state index contributed by atoms with van der Waals surface area (Å²) >= 11 is 0. The minimum absolute atomic E-state index is 0.368. The Hall–Kier alpha value is -2.76. The summed E-state index contributed by atoms with van der Waals surface area (Å²) in [6.45, 7) is 5.21. The molecule has 1 aromatic carbocycles. The van der Waals surface area contributed by atoms with Crippen LogP contribution in [-0.2, 0) is 4.79 Å². The molecule has 0 fully saturated rings. The maximum atomic E-state index is 11.9. The first-order valence-corrected chi connectivity index (χ1v) is 6.85. The van der Waals surface area contributed by atoms with Gasteiger partial charge < -0.3 is 9.15 Å². The van der Waals surface area contributed by atoms with Crippen LogP contribution in [0.3, 0.4) is 0 Å². The molecule has 0 bridgehead atoms. The van der Waals surface area contributed by atoms with Crippen molar-refractivity contribution in [1.29, 1.82) is 0 Å². The molecule has 2 rings (SSSR count). The van der Waals surface area contributed by atoms with Crippen LogP contribution in [0.2, 0.25) is 0 Å². The van der Waals surface area contributed by atoms with Crippen molar-refractivity contribution < 1.29 is 18.7 Å². The number of ether oxygens (including phenoxy) is 1. The van der Waals surface area contributed by atoms with E-state index in [4.69, 9.17) is 9.15 Å². The second-order valence-electron chi connectivity index (χ2n) is 4.91. The summed E-state index contributed by atoms with van der Waals surface area (Å²) in [5.74, 6) is 0.189. The number of rotatable bonds is 4. The van der Waals surface area contributed by atoms with E-state index in [2.05, 4.69) is 10.9 Å². The van der Waals surface area contributed by atoms with E-state index in [1.54, 1.807) is 19.9 Å². The number of aryl methyl sites for hydroxylation is 2. The Balaban J connectivity index is 1.86. The Kier molecular flexibility index (Phi) is 4.83. The van der Waals surface area contributed by atoms with Gasteiger partial charge in [-0.15, -0.1) is 0 Å². The van der Waals surface area contributed by atoms with Gasteiger partial charge in [0.05, 0.1) is 11.8 Å². The maximum Gasteiger partial charge on any atom is 0.279 e. The number of nitrogens with one attached hydrogen (secondary N) is 2. The molecule has 22 heavy (non-hydrogen) atoms. The van der Waals surface area contributed by atoms with E-state index in [9.17, 15) is 9.59 Å². The van der Waals surface area contributed by atoms with Crippen molar-refractivity contribution in [3.63, 3.8) is 0 Å². The third-order valence-electron chi connectivity index (χ3n) is 3.07. The quantitative estimate of drug-likeness (QED) is 0.848. The molecule has 0 aliphatic heterocycles. The van der Waals surface area contributed by atoms with Gasteiger partial charge >= 0.3 is 0 Å². The normalized spacial score (nSPS) is 11.6. The number of carbonyl (C=O) groups is 2. The fourth-order valence-electron chi connectivity index (χ4n) is 1.85. The number of hydrogen-bond acceptors (Lipinski definition) is 4. The first-order chi connectivity index (χ1) is 10.5. The van der Waals surface area contributed by atoms with E-state index in [0.29, 0.717) is 17.1 Å².